The van der Waals surface area contributed by atoms with E-state index in [4.69, 9.17) is 18.9 Å². The number of hydrogen-bond acceptors (Lipinski definition) is 10. The third-order valence-electron chi connectivity index (χ3n) is 7.98. The third kappa shape index (κ3) is 25.3. The third-order valence-corrected chi connectivity index (χ3v) is 7.98. The zero-order valence-electron chi connectivity index (χ0n) is 32.0. The molecule has 0 radical (unpaired) electrons. The molecule has 0 saturated carbocycles. The molecule has 53 heavy (non-hydrogen) atoms. The van der Waals surface area contributed by atoms with Crippen molar-refractivity contribution >= 4 is 11.9 Å². The van der Waals surface area contributed by atoms with Crippen LogP contribution in [0.15, 0.2) is 97.2 Å². The van der Waals surface area contributed by atoms with Gasteiger partial charge in [0.1, 0.15) is 31.0 Å². The molecule has 0 spiro atoms. The number of carbonyl (C=O) groups excluding carboxylic acids is 2. The Morgan fingerprint density at radius 1 is 0.585 bits per heavy atom. The Hall–Kier alpha value is -3.38. The van der Waals surface area contributed by atoms with Gasteiger partial charge < -0.3 is 39.4 Å². The normalized spacial score (nSPS) is 22.0. The summed E-state index contributed by atoms with van der Waals surface area (Å²) in [5.74, 6) is -0.965. The van der Waals surface area contributed by atoms with Crippen LogP contribution in [-0.4, -0.2) is 89.0 Å². The molecule has 4 N–H and O–H groups in total. The largest absolute Gasteiger partial charge is 0.462 e. The topological polar surface area (TPSA) is 152 Å². The highest BCUT2D eigenvalue weighted by Crippen LogP contribution is 2.22. The van der Waals surface area contributed by atoms with E-state index >= 15 is 0 Å². The first-order chi connectivity index (χ1) is 25.8. The van der Waals surface area contributed by atoms with Gasteiger partial charge in [0.2, 0.25) is 0 Å². The maximum absolute atomic E-state index is 12.7. The molecule has 10 heteroatoms. The number of rotatable bonds is 29. The zero-order valence-corrected chi connectivity index (χ0v) is 32.0. The van der Waals surface area contributed by atoms with Crippen LogP contribution in [0.2, 0.25) is 0 Å². The van der Waals surface area contributed by atoms with Crippen LogP contribution in [0.3, 0.4) is 0 Å². The summed E-state index contributed by atoms with van der Waals surface area (Å²) in [5, 5.41) is 39.9. The Balaban J connectivity index is 2.49. The van der Waals surface area contributed by atoms with Gasteiger partial charge in [0.15, 0.2) is 12.4 Å². The monoisotopic (exact) mass is 742 g/mol. The van der Waals surface area contributed by atoms with Crippen molar-refractivity contribution in [3.63, 3.8) is 0 Å². The summed E-state index contributed by atoms with van der Waals surface area (Å²) in [6, 6.07) is 0. The SMILES string of the molecule is CC/C=C\C/C=C\C/C=C\C/C=C\CCCCC(=O)OC[C@H](CO[C@@H]1O[C@H](CO)[C@H](O)[C@H](O)[C@H]1O)OC(=O)CC/C=C\C/C=C\C/C=C\C/C=C\CC. The van der Waals surface area contributed by atoms with Crippen LogP contribution in [0.4, 0.5) is 0 Å². The molecule has 1 aliphatic heterocycles. The lowest BCUT2D eigenvalue weighted by Crippen LogP contribution is -2.59. The number of allylic oxidation sites excluding steroid dienone is 16. The lowest BCUT2D eigenvalue weighted by atomic mass is 9.99. The van der Waals surface area contributed by atoms with Crippen molar-refractivity contribution in [2.24, 2.45) is 0 Å². The Labute approximate surface area is 317 Å². The second-order valence-electron chi connectivity index (χ2n) is 12.6. The molecule has 1 rings (SSSR count). The van der Waals surface area contributed by atoms with Crippen LogP contribution in [0.1, 0.15) is 104 Å². The number of carbonyl (C=O) groups is 2. The standard InChI is InChI=1S/C43H66O10/c1-3-5-7-9-11-13-15-17-18-20-21-23-25-27-29-31-38(45)50-34-36(35-51-43-42(49)41(48)40(47)37(33-44)53-43)52-39(46)32-30-28-26-24-22-19-16-14-12-10-8-6-4-2/h5-8,11-14,17-19,21-23,26,28,36-37,40-44,47-49H,3-4,9-10,15-16,20,24-25,27,29-35H2,1-2H3/b7-5-,8-6-,13-11-,14-12-,18-17-,22-19-,23-21-,28-26-/t36-,37-,40+,41+,42-,43-/m1/s1. The first kappa shape index (κ1) is 47.6. The molecule has 0 amide bonds. The average molecular weight is 743 g/mol. The molecule has 10 nitrogen and oxygen atoms in total. The first-order valence-electron chi connectivity index (χ1n) is 19.3. The highest BCUT2D eigenvalue weighted by atomic mass is 16.7. The second-order valence-corrected chi connectivity index (χ2v) is 12.6. The minimum atomic E-state index is -1.62. The van der Waals surface area contributed by atoms with Gasteiger partial charge in [0.25, 0.3) is 0 Å². The summed E-state index contributed by atoms with van der Waals surface area (Å²) in [5.41, 5.74) is 0. The molecular weight excluding hydrogens is 676 g/mol. The van der Waals surface area contributed by atoms with Gasteiger partial charge in [-0.15, -0.1) is 0 Å². The van der Waals surface area contributed by atoms with Crippen molar-refractivity contribution < 1.29 is 49.0 Å². The molecule has 0 aromatic heterocycles. The molecule has 1 fully saturated rings. The fourth-order valence-electron chi connectivity index (χ4n) is 4.95. The Bertz CT molecular complexity index is 1180. The number of hydrogen-bond donors (Lipinski definition) is 4. The van der Waals surface area contributed by atoms with Gasteiger partial charge in [-0.25, -0.2) is 0 Å². The number of aliphatic hydroxyl groups excluding tert-OH is 4. The number of ether oxygens (including phenoxy) is 4. The highest BCUT2D eigenvalue weighted by molar-refractivity contribution is 5.70. The van der Waals surface area contributed by atoms with Gasteiger partial charge in [0.05, 0.1) is 13.2 Å². The molecule has 1 heterocycles. The van der Waals surface area contributed by atoms with Crippen molar-refractivity contribution in [2.45, 2.75) is 141 Å². The summed E-state index contributed by atoms with van der Waals surface area (Å²) in [6.45, 7) is 3.03. The van der Waals surface area contributed by atoms with E-state index in [2.05, 4.69) is 98.9 Å². The van der Waals surface area contributed by atoms with Crippen LogP contribution in [0, 0.1) is 0 Å². The number of esters is 2. The zero-order chi connectivity index (χ0) is 38.8. The molecule has 6 atom stereocenters. The molecule has 1 aliphatic rings. The van der Waals surface area contributed by atoms with E-state index < -0.39 is 55.4 Å². The molecule has 0 bridgehead atoms. The molecule has 1 saturated heterocycles. The van der Waals surface area contributed by atoms with Crippen molar-refractivity contribution in [1.82, 2.24) is 0 Å². The number of unbranched alkanes of at least 4 members (excludes halogenated alkanes) is 2. The number of aliphatic hydroxyl groups is 4. The van der Waals surface area contributed by atoms with Crippen LogP contribution in [0.25, 0.3) is 0 Å². The summed E-state index contributed by atoms with van der Waals surface area (Å²) < 4.78 is 21.9. The van der Waals surface area contributed by atoms with E-state index in [1.807, 2.05) is 12.2 Å². The maximum atomic E-state index is 12.7. The van der Waals surface area contributed by atoms with Crippen molar-refractivity contribution in [3.05, 3.63) is 97.2 Å². The highest BCUT2D eigenvalue weighted by Gasteiger charge is 2.44. The van der Waals surface area contributed by atoms with Crippen LogP contribution >= 0.6 is 0 Å². The maximum Gasteiger partial charge on any atom is 0.306 e. The molecule has 0 unspecified atom stereocenters. The van der Waals surface area contributed by atoms with Gasteiger partial charge in [-0.1, -0.05) is 111 Å². The Morgan fingerprint density at radius 3 is 1.58 bits per heavy atom. The van der Waals surface area contributed by atoms with Gasteiger partial charge >= 0.3 is 11.9 Å². The van der Waals surface area contributed by atoms with Crippen molar-refractivity contribution in [2.75, 3.05) is 19.8 Å². The molecule has 0 aliphatic carbocycles. The van der Waals surface area contributed by atoms with Gasteiger partial charge in [-0.05, 0) is 77.0 Å². The summed E-state index contributed by atoms with van der Waals surface area (Å²) >= 11 is 0. The quantitative estimate of drug-likeness (QED) is 0.0352. The minimum absolute atomic E-state index is 0.0933. The van der Waals surface area contributed by atoms with Crippen LogP contribution in [0.5, 0.6) is 0 Å². The van der Waals surface area contributed by atoms with E-state index in [-0.39, 0.29) is 26.1 Å². The van der Waals surface area contributed by atoms with E-state index in [9.17, 15) is 30.0 Å². The predicted octanol–water partition coefficient (Wildman–Crippen LogP) is 7.21. The predicted molar refractivity (Wildman–Crippen MR) is 210 cm³/mol. The fourth-order valence-corrected chi connectivity index (χ4v) is 4.95. The van der Waals surface area contributed by atoms with E-state index in [1.165, 1.54) is 0 Å². The Morgan fingerprint density at radius 2 is 1.08 bits per heavy atom. The molecule has 0 aromatic carbocycles. The van der Waals surface area contributed by atoms with E-state index in [0.29, 0.717) is 12.8 Å². The summed E-state index contributed by atoms with van der Waals surface area (Å²) in [6.07, 6.45) is 35.8. The lowest BCUT2D eigenvalue weighted by molar-refractivity contribution is -0.305. The average Bonchev–Trinajstić information content (AvgIpc) is 3.15. The van der Waals surface area contributed by atoms with E-state index in [0.717, 1.165) is 64.2 Å². The smallest absolute Gasteiger partial charge is 0.306 e. The molecular formula is C43H66O10. The molecule has 298 valence electrons. The fraction of sp³-hybridized carbons (Fsp3) is 0.581. The molecule has 0 aromatic rings. The Kier molecular flexibility index (Phi) is 29.9. The minimum Gasteiger partial charge on any atom is -0.462 e. The summed E-state index contributed by atoms with van der Waals surface area (Å²) in [4.78, 5) is 25.1. The van der Waals surface area contributed by atoms with Crippen LogP contribution in [-0.2, 0) is 28.5 Å². The second kappa shape index (κ2) is 33.2. The van der Waals surface area contributed by atoms with Gasteiger partial charge in [0, 0.05) is 12.8 Å². The van der Waals surface area contributed by atoms with Gasteiger partial charge in [-0.2, -0.15) is 0 Å². The van der Waals surface area contributed by atoms with Crippen LogP contribution < -0.4 is 0 Å². The first-order valence-corrected chi connectivity index (χ1v) is 19.3. The summed E-state index contributed by atoms with van der Waals surface area (Å²) in [7, 11) is 0. The lowest BCUT2D eigenvalue weighted by Gasteiger charge is -2.39. The van der Waals surface area contributed by atoms with E-state index in [1.54, 1.807) is 0 Å². The van der Waals surface area contributed by atoms with Crippen molar-refractivity contribution in [1.29, 1.82) is 0 Å². The van der Waals surface area contributed by atoms with Gasteiger partial charge in [-0.3, -0.25) is 9.59 Å². The van der Waals surface area contributed by atoms with Crippen molar-refractivity contribution in [3.8, 4) is 0 Å².